The molecule has 6 nitrogen and oxygen atoms in total. The maximum Gasteiger partial charge on any atom is 0.269 e. The zero-order chi connectivity index (χ0) is 20.6. The average Bonchev–Trinajstić information content (AvgIpc) is 2.78. The highest BCUT2D eigenvalue weighted by atomic mass is 16.2. The standard InChI is InChI=1S/C23H27N3O3/c1-2-16-11-13-18(14-12-16)22(28)25-26-23(29)19-9-6-10-20(15-19)24-21(27)17-7-4-3-5-8-17/h6,9-15,17H,2-5,7-8H2,1H3,(H,24,27)(H,25,28)(H,26,29). The summed E-state index contributed by atoms with van der Waals surface area (Å²) in [5.74, 6) is -0.786. The van der Waals surface area contributed by atoms with Crippen LogP contribution in [0, 0.1) is 5.92 Å². The average molecular weight is 393 g/mol. The van der Waals surface area contributed by atoms with Crippen LogP contribution >= 0.6 is 0 Å². The first-order chi connectivity index (χ1) is 14.1. The highest BCUT2D eigenvalue weighted by Crippen LogP contribution is 2.25. The lowest BCUT2D eigenvalue weighted by Gasteiger charge is -2.20. The number of hydrazine groups is 1. The van der Waals surface area contributed by atoms with Crippen LogP contribution in [-0.4, -0.2) is 17.7 Å². The van der Waals surface area contributed by atoms with Gasteiger partial charge in [0.15, 0.2) is 0 Å². The zero-order valence-corrected chi connectivity index (χ0v) is 16.7. The van der Waals surface area contributed by atoms with Crippen LogP contribution in [0.1, 0.15) is 65.3 Å². The first-order valence-electron chi connectivity index (χ1n) is 10.2. The molecule has 3 rings (SSSR count). The molecule has 29 heavy (non-hydrogen) atoms. The smallest absolute Gasteiger partial charge is 0.269 e. The molecule has 0 bridgehead atoms. The number of amides is 3. The van der Waals surface area contributed by atoms with Gasteiger partial charge in [0.2, 0.25) is 5.91 Å². The second-order valence-corrected chi connectivity index (χ2v) is 7.36. The Hall–Kier alpha value is -3.15. The molecule has 1 aliphatic carbocycles. The van der Waals surface area contributed by atoms with Gasteiger partial charge in [-0.15, -0.1) is 0 Å². The number of aryl methyl sites for hydroxylation is 1. The van der Waals surface area contributed by atoms with Crippen LogP contribution < -0.4 is 16.2 Å². The minimum absolute atomic E-state index is 0.00564. The largest absolute Gasteiger partial charge is 0.326 e. The van der Waals surface area contributed by atoms with Crippen molar-refractivity contribution in [3.63, 3.8) is 0 Å². The second-order valence-electron chi connectivity index (χ2n) is 7.36. The number of carbonyl (C=O) groups excluding carboxylic acids is 3. The minimum Gasteiger partial charge on any atom is -0.326 e. The molecular weight excluding hydrogens is 366 g/mol. The lowest BCUT2D eigenvalue weighted by Crippen LogP contribution is -2.41. The van der Waals surface area contributed by atoms with Crippen LogP contribution in [0.2, 0.25) is 0 Å². The summed E-state index contributed by atoms with van der Waals surface area (Å²) in [6.45, 7) is 2.04. The Balaban J connectivity index is 1.55. The third-order valence-electron chi connectivity index (χ3n) is 5.28. The molecule has 6 heteroatoms. The highest BCUT2D eigenvalue weighted by Gasteiger charge is 2.21. The third-order valence-corrected chi connectivity index (χ3v) is 5.28. The summed E-state index contributed by atoms with van der Waals surface area (Å²) in [4.78, 5) is 37.0. The van der Waals surface area contributed by atoms with Gasteiger partial charge >= 0.3 is 0 Å². The van der Waals surface area contributed by atoms with Gasteiger partial charge in [0.25, 0.3) is 11.8 Å². The summed E-state index contributed by atoms with van der Waals surface area (Å²) >= 11 is 0. The molecule has 0 saturated heterocycles. The molecule has 0 aliphatic heterocycles. The van der Waals surface area contributed by atoms with E-state index >= 15 is 0 Å². The van der Waals surface area contributed by atoms with Gasteiger partial charge in [-0.25, -0.2) is 0 Å². The summed E-state index contributed by atoms with van der Waals surface area (Å²) in [5, 5.41) is 2.90. The van der Waals surface area contributed by atoms with Gasteiger partial charge in [0.05, 0.1) is 0 Å². The van der Waals surface area contributed by atoms with Crippen LogP contribution in [0.5, 0.6) is 0 Å². The number of anilines is 1. The van der Waals surface area contributed by atoms with Gasteiger partial charge < -0.3 is 5.32 Å². The van der Waals surface area contributed by atoms with Gasteiger partial charge in [0.1, 0.15) is 0 Å². The molecule has 0 spiro atoms. The summed E-state index contributed by atoms with van der Waals surface area (Å²) in [5.41, 5.74) is 7.38. The van der Waals surface area contributed by atoms with Gasteiger partial charge in [0, 0.05) is 22.7 Å². The topological polar surface area (TPSA) is 87.3 Å². The Labute approximate surface area is 171 Å². The lowest BCUT2D eigenvalue weighted by molar-refractivity contribution is -0.120. The molecule has 0 aromatic heterocycles. The van der Waals surface area contributed by atoms with E-state index in [0.29, 0.717) is 16.8 Å². The van der Waals surface area contributed by atoms with Crippen molar-refractivity contribution >= 4 is 23.4 Å². The molecule has 1 fully saturated rings. The SMILES string of the molecule is CCc1ccc(C(=O)NNC(=O)c2cccc(NC(=O)C3CCCCC3)c2)cc1. The molecule has 152 valence electrons. The van der Waals surface area contributed by atoms with Crippen LogP contribution in [0.25, 0.3) is 0 Å². The molecule has 3 N–H and O–H groups in total. The molecule has 1 aliphatic rings. The fourth-order valence-electron chi connectivity index (χ4n) is 3.50. The fraction of sp³-hybridized carbons (Fsp3) is 0.348. The molecular formula is C23H27N3O3. The number of nitrogens with one attached hydrogen (secondary N) is 3. The van der Waals surface area contributed by atoms with Crippen molar-refractivity contribution in [2.75, 3.05) is 5.32 Å². The van der Waals surface area contributed by atoms with Gasteiger partial charge in [-0.3, -0.25) is 25.2 Å². The Morgan fingerprint density at radius 3 is 2.17 bits per heavy atom. The van der Waals surface area contributed by atoms with Crippen molar-refractivity contribution < 1.29 is 14.4 Å². The summed E-state index contributed by atoms with van der Waals surface area (Å²) in [6.07, 6.45) is 6.08. The molecule has 2 aromatic rings. The summed E-state index contributed by atoms with van der Waals surface area (Å²) < 4.78 is 0. The predicted octanol–water partition coefficient (Wildman–Crippen LogP) is 3.84. The highest BCUT2D eigenvalue weighted by molar-refractivity contribution is 6.00. The van der Waals surface area contributed by atoms with E-state index < -0.39 is 5.91 Å². The predicted molar refractivity (Wildman–Crippen MR) is 112 cm³/mol. The Morgan fingerprint density at radius 1 is 0.862 bits per heavy atom. The Bertz CT molecular complexity index is 871. The fourth-order valence-corrected chi connectivity index (χ4v) is 3.50. The molecule has 3 amide bonds. The molecule has 2 aromatic carbocycles. The number of benzene rings is 2. The van der Waals surface area contributed by atoms with E-state index in [-0.39, 0.29) is 17.7 Å². The molecule has 0 radical (unpaired) electrons. The quantitative estimate of drug-likeness (QED) is 0.675. The molecule has 0 atom stereocenters. The number of carbonyl (C=O) groups is 3. The van der Waals surface area contributed by atoms with Crippen LogP contribution in [-0.2, 0) is 11.2 Å². The first-order valence-corrected chi connectivity index (χ1v) is 10.2. The van der Waals surface area contributed by atoms with Crippen LogP contribution in [0.3, 0.4) is 0 Å². The summed E-state index contributed by atoms with van der Waals surface area (Å²) in [6, 6.07) is 13.9. The van der Waals surface area contributed by atoms with Crippen molar-refractivity contribution in [3.8, 4) is 0 Å². The minimum atomic E-state index is -0.447. The molecule has 0 heterocycles. The molecule has 1 saturated carbocycles. The lowest BCUT2D eigenvalue weighted by atomic mass is 9.88. The van der Waals surface area contributed by atoms with Crippen molar-refractivity contribution in [1.82, 2.24) is 10.9 Å². The van der Waals surface area contributed by atoms with Gasteiger partial charge in [-0.2, -0.15) is 0 Å². The zero-order valence-electron chi connectivity index (χ0n) is 16.7. The summed E-state index contributed by atoms with van der Waals surface area (Å²) in [7, 11) is 0. The van der Waals surface area contributed by atoms with E-state index in [9.17, 15) is 14.4 Å². The van der Waals surface area contributed by atoms with Gasteiger partial charge in [-0.05, 0) is 55.2 Å². The monoisotopic (exact) mass is 393 g/mol. The van der Waals surface area contributed by atoms with E-state index in [1.807, 2.05) is 19.1 Å². The maximum atomic E-state index is 12.4. The normalized spacial score (nSPS) is 14.1. The van der Waals surface area contributed by atoms with Gasteiger partial charge in [-0.1, -0.05) is 44.4 Å². The van der Waals surface area contributed by atoms with E-state index in [1.165, 1.54) is 6.42 Å². The van der Waals surface area contributed by atoms with E-state index in [4.69, 9.17) is 0 Å². The Kier molecular flexibility index (Phi) is 7.00. The number of hydrogen-bond donors (Lipinski definition) is 3. The maximum absolute atomic E-state index is 12.4. The van der Waals surface area contributed by atoms with Crippen molar-refractivity contribution in [3.05, 3.63) is 65.2 Å². The third kappa shape index (κ3) is 5.67. The van der Waals surface area contributed by atoms with Crippen molar-refractivity contribution in [1.29, 1.82) is 0 Å². The number of hydrogen-bond acceptors (Lipinski definition) is 3. The van der Waals surface area contributed by atoms with Crippen molar-refractivity contribution in [2.24, 2.45) is 5.92 Å². The van der Waals surface area contributed by atoms with E-state index in [1.54, 1.807) is 36.4 Å². The van der Waals surface area contributed by atoms with Crippen LogP contribution in [0.15, 0.2) is 48.5 Å². The Morgan fingerprint density at radius 2 is 1.52 bits per heavy atom. The molecule has 0 unspecified atom stereocenters. The van der Waals surface area contributed by atoms with Crippen molar-refractivity contribution in [2.45, 2.75) is 45.4 Å². The van der Waals surface area contributed by atoms with E-state index in [0.717, 1.165) is 37.7 Å². The van der Waals surface area contributed by atoms with E-state index in [2.05, 4.69) is 16.2 Å². The van der Waals surface area contributed by atoms with Crippen LogP contribution in [0.4, 0.5) is 5.69 Å². The first kappa shape index (κ1) is 20.6. The second kappa shape index (κ2) is 9.87. The number of rotatable bonds is 5.